The minimum atomic E-state index is -0.301. The third kappa shape index (κ3) is 1.86. The highest BCUT2D eigenvalue weighted by molar-refractivity contribution is 6.21. The number of carbonyl (C=O) groups excluding carboxylic acids is 2. The highest BCUT2D eigenvalue weighted by atomic mass is 16.7. The number of urea groups is 1. The maximum absolute atomic E-state index is 12.6. The monoisotopic (exact) mass is 288 g/mol. The van der Waals surface area contributed by atoms with E-state index in [-0.39, 0.29) is 24.8 Å². The van der Waals surface area contributed by atoms with Crippen LogP contribution in [-0.2, 0) is 4.79 Å². The third-order valence-corrected chi connectivity index (χ3v) is 4.31. The molecule has 2 saturated heterocycles. The molecule has 6 nitrogen and oxygen atoms in total. The van der Waals surface area contributed by atoms with E-state index in [9.17, 15) is 9.59 Å². The first-order valence-electron chi connectivity index (χ1n) is 7.30. The molecule has 0 radical (unpaired) electrons. The van der Waals surface area contributed by atoms with Crippen LogP contribution in [-0.4, -0.2) is 36.2 Å². The summed E-state index contributed by atoms with van der Waals surface area (Å²) in [6.07, 6.45) is 3.79. The molecular weight excluding hydrogens is 272 g/mol. The molecule has 110 valence electrons. The Kier molecular flexibility index (Phi) is 2.77. The predicted octanol–water partition coefficient (Wildman–Crippen LogP) is 2.13. The normalized spacial score (nSPS) is 24.3. The topological polar surface area (TPSA) is 59.1 Å². The number of ether oxygens (including phenoxy) is 2. The van der Waals surface area contributed by atoms with Crippen LogP contribution in [0.5, 0.6) is 11.5 Å². The van der Waals surface area contributed by atoms with Crippen LogP contribution in [0, 0.1) is 0 Å². The highest BCUT2D eigenvalue weighted by Gasteiger charge is 2.46. The van der Waals surface area contributed by atoms with Crippen LogP contribution in [0.15, 0.2) is 18.2 Å². The SMILES string of the molecule is O=C1[C@@H]2CCCCCN2C(=O)N1c1ccc2c(c1)OCO2. The van der Waals surface area contributed by atoms with Gasteiger partial charge in [0.1, 0.15) is 6.04 Å². The first-order chi connectivity index (χ1) is 10.3. The van der Waals surface area contributed by atoms with Crippen LogP contribution in [0.3, 0.4) is 0 Å². The smallest absolute Gasteiger partial charge is 0.332 e. The second-order valence-corrected chi connectivity index (χ2v) is 5.55. The molecular formula is C15H16N2O4. The van der Waals surface area contributed by atoms with Crippen molar-refractivity contribution in [3.05, 3.63) is 18.2 Å². The predicted molar refractivity (Wildman–Crippen MR) is 74.4 cm³/mol. The average Bonchev–Trinajstić information content (AvgIpc) is 2.92. The molecule has 0 aromatic heterocycles. The Morgan fingerprint density at radius 2 is 1.90 bits per heavy atom. The Morgan fingerprint density at radius 1 is 1.05 bits per heavy atom. The van der Waals surface area contributed by atoms with Crippen molar-refractivity contribution in [1.29, 1.82) is 0 Å². The van der Waals surface area contributed by atoms with Crippen LogP contribution >= 0.6 is 0 Å². The molecule has 4 rings (SSSR count). The molecule has 3 aliphatic rings. The number of amides is 3. The third-order valence-electron chi connectivity index (χ3n) is 4.31. The summed E-state index contributed by atoms with van der Waals surface area (Å²) in [6, 6.07) is 4.65. The molecule has 3 aliphatic heterocycles. The number of hydrogen-bond acceptors (Lipinski definition) is 4. The minimum absolute atomic E-state index is 0.124. The first kappa shape index (κ1) is 12.5. The molecule has 6 heteroatoms. The molecule has 1 aromatic rings. The van der Waals surface area contributed by atoms with E-state index in [1.807, 2.05) is 0 Å². The minimum Gasteiger partial charge on any atom is -0.454 e. The van der Waals surface area contributed by atoms with E-state index in [1.165, 1.54) is 4.90 Å². The lowest BCUT2D eigenvalue weighted by Crippen LogP contribution is -2.34. The number of anilines is 1. The van der Waals surface area contributed by atoms with Gasteiger partial charge >= 0.3 is 6.03 Å². The van der Waals surface area contributed by atoms with Gasteiger partial charge in [-0.25, -0.2) is 9.69 Å². The van der Waals surface area contributed by atoms with Crippen LogP contribution in [0.4, 0.5) is 10.5 Å². The summed E-state index contributed by atoms with van der Waals surface area (Å²) in [5.41, 5.74) is 0.558. The van der Waals surface area contributed by atoms with Crippen molar-refractivity contribution in [1.82, 2.24) is 4.90 Å². The largest absolute Gasteiger partial charge is 0.454 e. The standard InChI is InChI=1S/C15H16N2O4/c18-14-11-4-2-1-3-7-16(11)15(19)17(14)10-5-6-12-13(8-10)21-9-20-12/h5-6,8,11H,1-4,7,9H2/t11-/m0/s1. The number of imide groups is 1. The van der Waals surface area contributed by atoms with E-state index in [0.29, 0.717) is 23.7 Å². The number of nitrogens with zero attached hydrogens (tertiary/aromatic N) is 2. The summed E-state index contributed by atoms with van der Waals surface area (Å²) in [4.78, 5) is 28.1. The molecule has 0 aliphatic carbocycles. The Bertz CT molecular complexity index is 592. The van der Waals surface area contributed by atoms with Crippen molar-refractivity contribution in [2.75, 3.05) is 18.2 Å². The molecule has 3 amide bonds. The van der Waals surface area contributed by atoms with Gasteiger partial charge in [-0.05, 0) is 25.0 Å². The molecule has 3 heterocycles. The maximum atomic E-state index is 12.6. The van der Waals surface area contributed by atoms with Gasteiger partial charge in [-0.15, -0.1) is 0 Å². The van der Waals surface area contributed by atoms with E-state index < -0.39 is 0 Å². The fraction of sp³-hybridized carbons (Fsp3) is 0.467. The number of carbonyl (C=O) groups is 2. The average molecular weight is 288 g/mol. The molecule has 1 aromatic carbocycles. The summed E-state index contributed by atoms with van der Waals surface area (Å²) in [5, 5.41) is 0. The number of fused-ring (bicyclic) bond motifs is 2. The van der Waals surface area contributed by atoms with E-state index >= 15 is 0 Å². The second kappa shape index (κ2) is 4.65. The molecule has 1 atom stereocenters. The molecule has 0 N–H and O–H groups in total. The summed E-state index contributed by atoms with van der Waals surface area (Å²) < 4.78 is 10.6. The lowest BCUT2D eigenvalue weighted by Gasteiger charge is -2.18. The molecule has 0 unspecified atom stereocenters. The zero-order valence-corrected chi connectivity index (χ0v) is 11.6. The van der Waals surface area contributed by atoms with Gasteiger partial charge < -0.3 is 14.4 Å². The van der Waals surface area contributed by atoms with Gasteiger partial charge in [0, 0.05) is 12.6 Å². The maximum Gasteiger partial charge on any atom is 0.332 e. The molecule has 0 spiro atoms. The molecule has 0 saturated carbocycles. The van der Waals surface area contributed by atoms with Gasteiger partial charge in [-0.2, -0.15) is 0 Å². The van der Waals surface area contributed by atoms with E-state index in [1.54, 1.807) is 23.1 Å². The Balaban J connectivity index is 1.69. The molecule has 2 fully saturated rings. The van der Waals surface area contributed by atoms with Crippen molar-refractivity contribution >= 4 is 17.6 Å². The van der Waals surface area contributed by atoms with Gasteiger partial charge in [0.15, 0.2) is 11.5 Å². The van der Waals surface area contributed by atoms with Gasteiger partial charge in [-0.3, -0.25) is 4.79 Å². The van der Waals surface area contributed by atoms with E-state index in [2.05, 4.69) is 0 Å². The zero-order chi connectivity index (χ0) is 14.4. The van der Waals surface area contributed by atoms with Crippen molar-refractivity contribution in [2.24, 2.45) is 0 Å². The van der Waals surface area contributed by atoms with Crippen LogP contribution in [0.2, 0.25) is 0 Å². The lowest BCUT2D eigenvalue weighted by molar-refractivity contribution is -0.119. The van der Waals surface area contributed by atoms with Crippen LogP contribution < -0.4 is 14.4 Å². The van der Waals surface area contributed by atoms with Gasteiger partial charge in [-0.1, -0.05) is 12.8 Å². The van der Waals surface area contributed by atoms with E-state index in [4.69, 9.17) is 9.47 Å². The van der Waals surface area contributed by atoms with Crippen molar-refractivity contribution in [3.8, 4) is 11.5 Å². The second-order valence-electron chi connectivity index (χ2n) is 5.55. The fourth-order valence-corrected chi connectivity index (χ4v) is 3.23. The fourth-order valence-electron chi connectivity index (χ4n) is 3.23. The van der Waals surface area contributed by atoms with Gasteiger partial charge in [0.25, 0.3) is 5.91 Å². The van der Waals surface area contributed by atoms with E-state index in [0.717, 1.165) is 25.7 Å². The van der Waals surface area contributed by atoms with Crippen molar-refractivity contribution < 1.29 is 19.1 Å². The summed E-state index contributed by atoms with van der Waals surface area (Å²) >= 11 is 0. The number of benzene rings is 1. The van der Waals surface area contributed by atoms with Crippen LogP contribution in [0.25, 0.3) is 0 Å². The van der Waals surface area contributed by atoms with Crippen molar-refractivity contribution in [3.63, 3.8) is 0 Å². The van der Waals surface area contributed by atoms with Gasteiger partial charge in [0.2, 0.25) is 6.79 Å². The summed E-state index contributed by atoms with van der Waals surface area (Å²) in [5.74, 6) is 1.10. The Hall–Kier alpha value is -2.24. The van der Waals surface area contributed by atoms with Gasteiger partial charge in [0.05, 0.1) is 5.69 Å². The quantitative estimate of drug-likeness (QED) is 0.743. The van der Waals surface area contributed by atoms with Crippen LogP contribution in [0.1, 0.15) is 25.7 Å². The number of hydrogen-bond donors (Lipinski definition) is 0. The highest BCUT2D eigenvalue weighted by Crippen LogP contribution is 2.38. The Morgan fingerprint density at radius 3 is 2.81 bits per heavy atom. The zero-order valence-electron chi connectivity index (χ0n) is 11.6. The van der Waals surface area contributed by atoms with Crippen molar-refractivity contribution in [2.45, 2.75) is 31.7 Å². The molecule has 21 heavy (non-hydrogen) atoms. The lowest BCUT2D eigenvalue weighted by atomic mass is 10.1. The summed E-state index contributed by atoms with van der Waals surface area (Å²) in [6.45, 7) is 0.839. The number of rotatable bonds is 1. The summed E-state index contributed by atoms with van der Waals surface area (Å²) in [7, 11) is 0. The molecule has 0 bridgehead atoms. The first-order valence-corrected chi connectivity index (χ1v) is 7.30. The Labute approximate surface area is 122 Å².